The molecular formula is C80H58N4. The minimum atomic E-state index is 1.08. The maximum absolute atomic E-state index is 2.36. The van der Waals surface area contributed by atoms with Crippen LogP contribution in [0.15, 0.2) is 352 Å². The van der Waals surface area contributed by atoms with Gasteiger partial charge in [-0.05, 0) is 201 Å². The Labute approximate surface area is 491 Å². The third kappa shape index (κ3) is 10.6. The molecule has 4 nitrogen and oxygen atoms in total. The summed E-state index contributed by atoms with van der Waals surface area (Å²) in [5, 5.41) is 4.87. The van der Waals surface area contributed by atoms with Gasteiger partial charge < -0.3 is 19.6 Å². The molecule has 0 aromatic heterocycles. The summed E-state index contributed by atoms with van der Waals surface area (Å²) in [6.45, 7) is 0. The molecule has 4 heteroatoms. The highest BCUT2D eigenvalue weighted by molar-refractivity contribution is 5.93. The smallest absolute Gasteiger partial charge is 0.0468 e. The van der Waals surface area contributed by atoms with Gasteiger partial charge in [-0.1, -0.05) is 206 Å². The Balaban J connectivity index is 0.702. The van der Waals surface area contributed by atoms with E-state index in [-0.39, 0.29) is 0 Å². The Bertz CT molecular complexity index is 4360. The molecule has 0 fully saturated rings. The minimum Gasteiger partial charge on any atom is -0.311 e. The Morgan fingerprint density at radius 2 is 0.286 bits per heavy atom. The van der Waals surface area contributed by atoms with Crippen LogP contribution in [0.1, 0.15) is 0 Å². The van der Waals surface area contributed by atoms with Crippen LogP contribution in [0.2, 0.25) is 0 Å². The number of nitrogens with zero attached hydrogens (tertiary/aromatic N) is 4. The molecule has 0 heterocycles. The molecule has 84 heavy (non-hydrogen) atoms. The first-order valence-corrected chi connectivity index (χ1v) is 28.6. The summed E-state index contributed by atoms with van der Waals surface area (Å²) in [5.41, 5.74) is 20.1. The summed E-state index contributed by atoms with van der Waals surface area (Å²) in [7, 11) is 0. The average Bonchev–Trinajstić information content (AvgIpc) is 3.57. The van der Waals surface area contributed by atoms with Crippen LogP contribution < -0.4 is 19.6 Å². The molecule has 14 aromatic carbocycles. The second-order valence-corrected chi connectivity index (χ2v) is 21.0. The van der Waals surface area contributed by atoms with Crippen molar-refractivity contribution in [1.82, 2.24) is 0 Å². The lowest BCUT2D eigenvalue weighted by molar-refractivity contribution is 1.28. The number of fused-ring (bicyclic) bond motifs is 2. The highest BCUT2D eigenvalue weighted by Crippen LogP contribution is 2.42. The molecule has 0 aliphatic rings. The van der Waals surface area contributed by atoms with Gasteiger partial charge in [-0.3, -0.25) is 0 Å². The van der Waals surface area contributed by atoms with E-state index in [9.17, 15) is 0 Å². The van der Waals surface area contributed by atoms with Crippen LogP contribution in [0.25, 0.3) is 54.9 Å². The molecule has 0 unspecified atom stereocenters. The number of hydrogen-bond acceptors (Lipinski definition) is 4. The quantitative estimate of drug-likeness (QED) is 0.101. The van der Waals surface area contributed by atoms with Crippen molar-refractivity contribution in [3.63, 3.8) is 0 Å². The molecule has 14 rings (SSSR count). The SMILES string of the molecule is c1ccc(N(c2ccccc2)c2ccc(-c3ccc(N(c4ccccc4)c4ccc(-c5ccc(N(c6ccccc6)c6ccc(-c7ccc(N(c8ccc9ccccc9c8)c8ccc9ccccc9c8)cc7)cc6)cc5)cc4)cc3)cc2)cc1. The van der Waals surface area contributed by atoms with E-state index in [1.807, 2.05) is 0 Å². The zero-order valence-corrected chi connectivity index (χ0v) is 46.3. The van der Waals surface area contributed by atoms with Crippen molar-refractivity contribution < 1.29 is 0 Å². The van der Waals surface area contributed by atoms with Crippen molar-refractivity contribution >= 4 is 89.8 Å². The lowest BCUT2D eigenvalue weighted by Crippen LogP contribution is -2.10. The van der Waals surface area contributed by atoms with Crippen LogP contribution in [-0.4, -0.2) is 0 Å². The molecule has 0 bridgehead atoms. The fourth-order valence-corrected chi connectivity index (χ4v) is 11.5. The molecule has 14 aromatic rings. The maximum atomic E-state index is 2.36. The highest BCUT2D eigenvalue weighted by atomic mass is 15.2. The third-order valence-corrected chi connectivity index (χ3v) is 15.8. The van der Waals surface area contributed by atoms with E-state index in [0.717, 1.165) is 102 Å². The summed E-state index contributed by atoms with van der Waals surface area (Å²) in [6, 6.07) is 126. The Hall–Kier alpha value is -11.2. The summed E-state index contributed by atoms with van der Waals surface area (Å²) < 4.78 is 0. The number of para-hydroxylation sites is 4. The summed E-state index contributed by atoms with van der Waals surface area (Å²) >= 11 is 0. The summed E-state index contributed by atoms with van der Waals surface area (Å²) in [6.07, 6.45) is 0. The fourth-order valence-electron chi connectivity index (χ4n) is 11.5. The van der Waals surface area contributed by atoms with Gasteiger partial charge in [0.05, 0.1) is 0 Å². The first kappa shape index (κ1) is 51.0. The molecular weight excluding hydrogens is 1020 g/mol. The number of anilines is 12. The van der Waals surface area contributed by atoms with Gasteiger partial charge in [-0.2, -0.15) is 0 Å². The van der Waals surface area contributed by atoms with Crippen molar-refractivity contribution in [2.24, 2.45) is 0 Å². The predicted octanol–water partition coefficient (Wildman–Crippen LogP) is 22.9. The second-order valence-electron chi connectivity index (χ2n) is 21.0. The van der Waals surface area contributed by atoms with E-state index in [2.05, 4.69) is 371 Å². The monoisotopic (exact) mass is 1070 g/mol. The predicted molar refractivity (Wildman–Crippen MR) is 356 cm³/mol. The molecule has 0 aliphatic heterocycles. The van der Waals surface area contributed by atoms with Gasteiger partial charge in [-0.25, -0.2) is 0 Å². The normalized spacial score (nSPS) is 11.1. The summed E-state index contributed by atoms with van der Waals surface area (Å²) in [4.78, 5) is 9.30. The van der Waals surface area contributed by atoms with Gasteiger partial charge >= 0.3 is 0 Å². The lowest BCUT2D eigenvalue weighted by Gasteiger charge is -2.27. The number of benzene rings is 14. The Morgan fingerprint density at radius 3 is 0.512 bits per heavy atom. The van der Waals surface area contributed by atoms with Crippen LogP contribution in [0.5, 0.6) is 0 Å². The molecule has 0 N–H and O–H groups in total. The van der Waals surface area contributed by atoms with Crippen molar-refractivity contribution in [3.05, 3.63) is 352 Å². The van der Waals surface area contributed by atoms with E-state index in [0.29, 0.717) is 0 Å². The Morgan fingerprint density at radius 1 is 0.119 bits per heavy atom. The van der Waals surface area contributed by atoms with Crippen LogP contribution in [0.4, 0.5) is 68.2 Å². The fraction of sp³-hybridized carbons (Fsp3) is 0. The molecule has 0 amide bonds. The van der Waals surface area contributed by atoms with Crippen LogP contribution >= 0.6 is 0 Å². The van der Waals surface area contributed by atoms with Gasteiger partial charge in [0.25, 0.3) is 0 Å². The van der Waals surface area contributed by atoms with Crippen molar-refractivity contribution in [1.29, 1.82) is 0 Å². The van der Waals surface area contributed by atoms with Crippen molar-refractivity contribution in [3.8, 4) is 33.4 Å². The molecule has 0 radical (unpaired) electrons. The maximum Gasteiger partial charge on any atom is 0.0468 e. The first-order chi connectivity index (χ1) is 41.6. The average molecular weight is 1080 g/mol. The molecule has 398 valence electrons. The lowest BCUT2D eigenvalue weighted by atomic mass is 10.0. The molecule has 0 saturated heterocycles. The summed E-state index contributed by atoms with van der Waals surface area (Å²) in [5.74, 6) is 0. The standard InChI is InChI=1S/C80H58N4/c1-5-21-69(22-6-1)81(70-23-7-2-8-24-70)73-43-29-61(30-44-73)62-31-45-74(46-32-62)82(71-25-9-3-10-26-71)75-47-33-63(34-48-75)64-35-49-76(50-36-64)83(72-27-11-4-12-28-72)77-51-37-65(38-52-77)66-39-53-78(54-40-66)84(79-55-41-59-17-13-15-19-67(59)57-79)80-56-42-60-18-14-16-20-68(60)58-80/h1-58H. The van der Waals surface area contributed by atoms with Gasteiger partial charge in [0.15, 0.2) is 0 Å². The molecule has 0 atom stereocenters. The second kappa shape index (κ2) is 23.1. The van der Waals surface area contributed by atoms with Crippen LogP contribution in [0, 0.1) is 0 Å². The van der Waals surface area contributed by atoms with E-state index in [1.165, 1.54) is 21.5 Å². The van der Waals surface area contributed by atoms with E-state index < -0.39 is 0 Å². The molecule has 0 saturated carbocycles. The van der Waals surface area contributed by atoms with E-state index in [4.69, 9.17) is 0 Å². The van der Waals surface area contributed by atoms with Crippen LogP contribution in [0.3, 0.4) is 0 Å². The third-order valence-electron chi connectivity index (χ3n) is 15.8. The van der Waals surface area contributed by atoms with E-state index >= 15 is 0 Å². The van der Waals surface area contributed by atoms with Gasteiger partial charge in [-0.15, -0.1) is 0 Å². The first-order valence-electron chi connectivity index (χ1n) is 28.6. The molecule has 0 spiro atoms. The number of rotatable bonds is 15. The van der Waals surface area contributed by atoms with Crippen molar-refractivity contribution in [2.75, 3.05) is 19.6 Å². The van der Waals surface area contributed by atoms with Crippen molar-refractivity contribution in [2.45, 2.75) is 0 Å². The largest absolute Gasteiger partial charge is 0.311 e. The van der Waals surface area contributed by atoms with Crippen LogP contribution in [-0.2, 0) is 0 Å². The zero-order chi connectivity index (χ0) is 56.0. The van der Waals surface area contributed by atoms with Gasteiger partial charge in [0, 0.05) is 68.2 Å². The molecule has 0 aliphatic carbocycles. The van der Waals surface area contributed by atoms with Gasteiger partial charge in [0.2, 0.25) is 0 Å². The number of hydrogen-bond donors (Lipinski definition) is 0. The Kier molecular flexibility index (Phi) is 14.0. The van der Waals surface area contributed by atoms with Gasteiger partial charge in [0.1, 0.15) is 0 Å². The highest BCUT2D eigenvalue weighted by Gasteiger charge is 2.19. The topological polar surface area (TPSA) is 13.0 Å². The minimum absolute atomic E-state index is 1.08. The van der Waals surface area contributed by atoms with E-state index in [1.54, 1.807) is 0 Å². The zero-order valence-electron chi connectivity index (χ0n) is 46.3.